The highest BCUT2D eigenvalue weighted by molar-refractivity contribution is 7.25. The molecule has 0 bridgehead atoms. The van der Waals surface area contributed by atoms with Gasteiger partial charge in [-0.2, -0.15) is 0 Å². The molecule has 2 aromatic heterocycles. The number of para-hydroxylation sites is 2. The highest BCUT2D eigenvalue weighted by atomic mass is 32.1. The summed E-state index contributed by atoms with van der Waals surface area (Å²) in [6.45, 7) is 0. The van der Waals surface area contributed by atoms with Crippen molar-refractivity contribution >= 4 is 70.4 Å². The summed E-state index contributed by atoms with van der Waals surface area (Å²) in [6.07, 6.45) is 0. The third kappa shape index (κ3) is 5.01. The van der Waals surface area contributed by atoms with Gasteiger partial charge in [-0.3, -0.25) is 0 Å². The molecule has 0 unspecified atom stereocenters. The molecule has 10 rings (SSSR count). The molecule has 8 aromatic carbocycles. The van der Waals surface area contributed by atoms with Crippen molar-refractivity contribution in [2.24, 2.45) is 0 Å². The fraction of sp³-hybridized carbons (Fsp3) is 0. The van der Waals surface area contributed by atoms with Crippen molar-refractivity contribution < 1.29 is 0 Å². The van der Waals surface area contributed by atoms with Gasteiger partial charge in [-0.25, -0.2) is 0 Å². The summed E-state index contributed by atoms with van der Waals surface area (Å²) >= 11 is 1.86. The van der Waals surface area contributed by atoms with Gasteiger partial charge in [0.1, 0.15) is 0 Å². The van der Waals surface area contributed by atoms with Crippen LogP contribution in [0.2, 0.25) is 0 Å². The number of fused-ring (bicyclic) bond motifs is 6. The average Bonchev–Trinajstić information content (AvgIpc) is 3.74. The minimum absolute atomic E-state index is 1.11. The summed E-state index contributed by atoms with van der Waals surface area (Å²) in [7, 11) is 0. The van der Waals surface area contributed by atoms with Gasteiger partial charge in [-0.1, -0.05) is 127 Å². The van der Waals surface area contributed by atoms with Gasteiger partial charge < -0.3 is 9.47 Å². The van der Waals surface area contributed by atoms with Crippen molar-refractivity contribution in [1.29, 1.82) is 0 Å². The van der Waals surface area contributed by atoms with Crippen LogP contribution in [0.4, 0.5) is 17.1 Å². The first kappa shape index (κ1) is 29.5. The van der Waals surface area contributed by atoms with Crippen molar-refractivity contribution in [3.05, 3.63) is 194 Å². The molecule has 51 heavy (non-hydrogen) atoms. The zero-order valence-corrected chi connectivity index (χ0v) is 28.6. The summed E-state index contributed by atoms with van der Waals surface area (Å²) in [5.74, 6) is 0. The van der Waals surface area contributed by atoms with Crippen molar-refractivity contribution in [2.75, 3.05) is 4.90 Å². The second kappa shape index (κ2) is 12.2. The molecule has 0 saturated carbocycles. The maximum Gasteiger partial charge on any atom is 0.0562 e. The lowest BCUT2D eigenvalue weighted by Gasteiger charge is -2.26. The topological polar surface area (TPSA) is 8.17 Å². The summed E-state index contributed by atoms with van der Waals surface area (Å²) in [4.78, 5) is 2.36. The lowest BCUT2D eigenvalue weighted by molar-refractivity contribution is 1.18. The molecular weight excluding hydrogens is 637 g/mol. The van der Waals surface area contributed by atoms with E-state index < -0.39 is 0 Å². The van der Waals surface area contributed by atoms with E-state index in [4.69, 9.17) is 0 Å². The molecule has 2 nitrogen and oxygen atoms in total. The van der Waals surface area contributed by atoms with Crippen molar-refractivity contribution in [1.82, 2.24) is 4.57 Å². The molecule has 0 N–H and O–H groups in total. The van der Waals surface area contributed by atoms with Gasteiger partial charge in [0.15, 0.2) is 0 Å². The zero-order chi connectivity index (χ0) is 33.7. The van der Waals surface area contributed by atoms with Crippen LogP contribution in [0.25, 0.3) is 69.9 Å². The van der Waals surface area contributed by atoms with E-state index in [2.05, 4.69) is 204 Å². The van der Waals surface area contributed by atoms with Crippen molar-refractivity contribution in [3.63, 3.8) is 0 Å². The summed E-state index contributed by atoms with van der Waals surface area (Å²) in [5.41, 5.74) is 11.7. The lowest BCUT2D eigenvalue weighted by Crippen LogP contribution is -2.10. The predicted octanol–water partition coefficient (Wildman–Crippen LogP) is 14.0. The number of nitrogens with zero attached hydrogens (tertiary/aromatic N) is 2. The second-order valence-corrected chi connectivity index (χ2v) is 14.0. The highest BCUT2D eigenvalue weighted by Gasteiger charge is 2.19. The molecule has 10 aromatic rings. The first-order valence-electron chi connectivity index (χ1n) is 17.4. The van der Waals surface area contributed by atoms with Crippen LogP contribution < -0.4 is 4.90 Å². The number of aromatic nitrogens is 1. The molecule has 2 heterocycles. The molecule has 3 heteroatoms. The minimum Gasteiger partial charge on any atom is -0.310 e. The van der Waals surface area contributed by atoms with E-state index in [1.165, 1.54) is 64.2 Å². The van der Waals surface area contributed by atoms with Crippen LogP contribution in [-0.2, 0) is 0 Å². The SMILES string of the molecule is c1ccc(-c2cccc3c2c2ccc(N(c4ccccc4)c4ccc(-c5ccc6c(c5)sc5ccccc56)cc4)cc2n3-c2ccccc2)cc1. The number of benzene rings is 8. The molecule has 0 spiro atoms. The number of hydrogen-bond donors (Lipinski definition) is 0. The number of thiophene rings is 1. The number of anilines is 3. The predicted molar refractivity (Wildman–Crippen MR) is 219 cm³/mol. The molecule has 0 saturated heterocycles. The van der Waals surface area contributed by atoms with Crippen LogP contribution in [0.15, 0.2) is 194 Å². The Labute approximate surface area is 300 Å². The van der Waals surface area contributed by atoms with E-state index in [0.717, 1.165) is 22.7 Å². The monoisotopic (exact) mass is 668 g/mol. The fourth-order valence-corrected chi connectivity index (χ4v) is 8.79. The number of rotatable bonds is 6. The molecule has 0 aliphatic rings. The molecule has 0 atom stereocenters. The van der Waals surface area contributed by atoms with E-state index in [1.54, 1.807) is 0 Å². The van der Waals surface area contributed by atoms with Gasteiger partial charge in [-0.05, 0) is 89.0 Å². The van der Waals surface area contributed by atoms with Crippen LogP contribution in [-0.4, -0.2) is 4.57 Å². The smallest absolute Gasteiger partial charge is 0.0562 e. The Bertz CT molecular complexity index is 2830. The van der Waals surface area contributed by atoms with E-state index in [9.17, 15) is 0 Å². The Morgan fingerprint density at radius 1 is 0.373 bits per heavy atom. The molecule has 0 fully saturated rings. The molecule has 0 aliphatic heterocycles. The normalized spacial score (nSPS) is 11.5. The molecule has 0 amide bonds. The van der Waals surface area contributed by atoms with E-state index in [1.807, 2.05) is 11.3 Å². The summed E-state index contributed by atoms with van der Waals surface area (Å²) < 4.78 is 5.07. The molecular formula is C48H32N2S. The molecule has 0 radical (unpaired) electrons. The summed E-state index contributed by atoms with van der Waals surface area (Å²) in [5, 5.41) is 5.15. The first-order chi connectivity index (χ1) is 25.3. The number of hydrogen-bond acceptors (Lipinski definition) is 2. The second-order valence-electron chi connectivity index (χ2n) is 13.0. The van der Waals surface area contributed by atoms with Gasteiger partial charge in [-0.15, -0.1) is 11.3 Å². The Kier molecular flexibility index (Phi) is 7.04. The maximum atomic E-state index is 2.41. The van der Waals surface area contributed by atoms with Crippen molar-refractivity contribution in [2.45, 2.75) is 0 Å². The third-order valence-corrected chi connectivity index (χ3v) is 11.1. The van der Waals surface area contributed by atoms with Crippen LogP contribution >= 0.6 is 11.3 Å². The fourth-order valence-electron chi connectivity index (χ4n) is 7.64. The van der Waals surface area contributed by atoms with Crippen LogP contribution in [0, 0.1) is 0 Å². The Morgan fingerprint density at radius 3 is 1.80 bits per heavy atom. The highest BCUT2D eigenvalue weighted by Crippen LogP contribution is 2.43. The average molecular weight is 669 g/mol. The van der Waals surface area contributed by atoms with Crippen LogP contribution in [0.1, 0.15) is 0 Å². The Hall–Kier alpha value is -6.42. The van der Waals surface area contributed by atoms with Crippen LogP contribution in [0.3, 0.4) is 0 Å². The van der Waals surface area contributed by atoms with Gasteiger partial charge in [0.25, 0.3) is 0 Å². The Balaban J connectivity index is 1.13. The van der Waals surface area contributed by atoms with Crippen molar-refractivity contribution in [3.8, 4) is 27.9 Å². The maximum absolute atomic E-state index is 2.41. The van der Waals surface area contributed by atoms with Gasteiger partial charge in [0, 0.05) is 53.7 Å². The zero-order valence-electron chi connectivity index (χ0n) is 27.8. The standard InChI is InChI=1S/C48H32N2S/c1-4-13-34(14-5-1)40-20-12-21-44-48(40)43-30-28-39(32-45(43)50(44)37-17-8-3-9-18-37)49(36-15-6-2-7-16-36)38-26-23-33(24-27-38)35-25-29-42-41-19-10-11-22-46(41)51-47(42)31-35/h1-32H. The summed E-state index contributed by atoms with van der Waals surface area (Å²) in [6, 6.07) is 70.3. The van der Waals surface area contributed by atoms with E-state index in [0.29, 0.717) is 0 Å². The quantitative estimate of drug-likeness (QED) is 0.171. The van der Waals surface area contributed by atoms with E-state index >= 15 is 0 Å². The van der Waals surface area contributed by atoms with Gasteiger partial charge in [0.05, 0.1) is 11.0 Å². The van der Waals surface area contributed by atoms with Crippen LogP contribution in [0.5, 0.6) is 0 Å². The first-order valence-corrected chi connectivity index (χ1v) is 18.2. The van der Waals surface area contributed by atoms with E-state index in [-0.39, 0.29) is 0 Å². The molecule has 240 valence electrons. The van der Waals surface area contributed by atoms with Gasteiger partial charge in [0.2, 0.25) is 0 Å². The largest absolute Gasteiger partial charge is 0.310 e. The third-order valence-electron chi connectivity index (χ3n) is 9.98. The molecule has 0 aliphatic carbocycles. The minimum atomic E-state index is 1.11. The lowest BCUT2D eigenvalue weighted by atomic mass is 9.99. The Morgan fingerprint density at radius 2 is 1.00 bits per heavy atom. The van der Waals surface area contributed by atoms with Gasteiger partial charge >= 0.3 is 0 Å².